The number of benzene rings is 2. The third-order valence-electron chi connectivity index (χ3n) is 7.26. The molecule has 4 rings (SSSR count). The van der Waals surface area contributed by atoms with Crippen molar-refractivity contribution in [2.24, 2.45) is 5.41 Å². The van der Waals surface area contributed by atoms with E-state index in [1.165, 1.54) is 13.3 Å². The molecule has 6 nitrogen and oxygen atoms in total. The maximum absolute atomic E-state index is 15.6. The Morgan fingerprint density at radius 2 is 1.89 bits per heavy atom. The van der Waals surface area contributed by atoms with Gasteiger partial charge in [0, 0.05) is 42.4 Å². The van der Waals surface area contributed by atoms with Crippen molar-refractivity contribution < 1.29 is 32.2 Å². The highest BCUT2D eigenvalue weighted by Gasteiger charge is 2.41. The van der Waals surface area contributed by atoms with E-state index in [4.69, 9.17) is 16.3 Å². The lowest BCUT2D eigenvalue weighted by Crippen LogP contribution is -2.45. The minimum atomic E-state index is -1.50. The summed E-state index contributed by atoms with van der Waals surface area (Å²) in [7, 11) is 1.50. The Morgan fingerprint density at radius 1 is 1.21 bits per heavy atom. The molecule has 1 saturated heterocycles. The molecule has 2 heterocycles. The zero-order chi connectivity index (χ0) is 27.4. The van der Waals surface area contributed by atoms with Crippen molar-refractivity contribution in [3.05, 3.63) is 64.6 Å². The molecule has 1 atom stereocenters. The second kappa shape index (κ2) is 11.7. The minimum Gasteiger partial charge on any atom is -0.497 e. The van der Waals surface area contributed by atoms with Crippen molar-refractivity contribution in [2.45, 2.75) is 31.9 Å². The number of fused-ring (bicyclic) bond motifs is 1. The third-order valence-corrected chi connectivity index (χ3v) is 7.56. The van der Waals surface area contributed by atoms with Crippen LogP contribution >= 0.6 is 11.6 Å². The van der Waals surface area contributed by atoms with Crippen LogP contribution in [-0.2, 0) is 4.79 Å². The summed E-state index contributed by atoms with van der Waals surface area (Å²) in [5.41, 5.74) is -0.684. The number of carboxylic acid groups (broad SMARTS) is 1. The number of rotatable bonds is 10. The van der Waals surface area contributed by atoms with Gasteiger partial charge in [0.15, 0.2) is 11.6 Å². The zero-order valence-corrected chi connectivity index (χ0v) is 21.5. The van der Waals surface area contributed by atoms with Gasteiger partial charge in [0.05, 0.1) is 23.1 Å². The normalized spacial score (nSPS) is 16.4. The minimum absolute atomic E-state index is 0.0347. The first-order valence-electron chi connectivity index (χ1n) is 12.2. The van der Waals surface area contributed by atoms with Gasteiger partial charge in [-0.25, -0.2) is 17.6 Å². The van der Waals surface area contributed by atoms with E-state index in [2.05, 4.69) is 10.3 Å². The van der Waals surface area contributed by atoms with Crippen LogP contribution in [0.25, 0.3) is 10.9 Å². The number of hydrogen-bond donors (Lipinski definition) is 2. The number of methoxy groups -OCH3 is 1. The average Bonchev–Trinajstić information content (AvgIpc) is 2.89. The number of likely N-dealkylation sites (tertiary alicyclic amines) is 1. The number of nitrogens with one attached hydrogen (secondary N) is 1. The van der Waals surface area contributed by atoms with E-state index >= 15 is 4.39 Å². The van der Waals surface area contributed by atoms with Crippen molar-refractivity contribution in [2.75, 3.05) is 38.6 Å². The molecule has 2 N–H and O–H groups in total. The zero-order valence-electron chi connectivity index (χ0n) is 20.7. The number of piperidine rings is 1. The van der Waals surface area contributed by atoms with E-state index in [0.29, 0.717) is 61.3 Å². The summed E-state index contributed by atoms with van der Waals surface area (Å²) >= 11 is 6.31. The topological polar surface area (TPSA) is 74.7 Å². The second-order valence-electron chi connectivity index (χ2n) is 9.51. The summed E-state index contributed by atoms with van der Waals surface area (Å²) in [5, 5.41) is 13.4. The molecule has 1 aliphatic rings. The first-order valence-corrected chi connectivity index (χ1v) is 12.6. The van der Waals surface area contributed by atoms with E-state index in [0.717, 1.165) is 0 Å². The lowest BCUT2D eigenvalue weighted by atomic mass is 9.74. The van der Waals surface area contributed by atoms with Crippen molar-refractivity contribution in [3.63, 3.8) is 0 Å². The van der Waals surface area contributed by atoms with Crippen molar-refractivity contribution in [1.82, 2.24) is 9.88 Å². The maximum atomic E-state index is 15.6. The monoisotopic (exact) mass is 553 g/mol. The fourth-order valence-corrected chi connectivity index (χ4v) is 5.26. The van der Waals surface area contributed by atoms with Gasteiger partial charge in [-0.3, -0.25) is 9.78 Å². The van der Waals surface area contributed by atoms with Crippen LogP contribution in [-0.4, -0.2) is 54.2 Å². The molecule has 3 aromatic rings. The van der Waals surface area contributed by atoms with Gasteiger partial charge in [-0.1, -0.05) is 11.6 Å². The number of anilines is 1. The molecule has 1 aromatic heterocycles. The van der Waals surface area contributed by atoms with Gasteiger partial charge in [-0.2, -0.15) is 0 Å². The number of aliphatic carboxylic acids is 1. The van der Waals surface area contributed by atoms with Crippen molar-refractivity contribution in [1.29, 1.82) is 0 Å². The van der Waals surface area contributed by atoms with Crippen LogP contribution < -0.4 is 10.1 Å². The van der Waals surface area contributed by atoms with E-state index in [9.17, 15) is 23.1 Å². The number of alkyl halides is 1. The molecule has 0 radical (unpaired) electrons. The summed E-state index contributed by atoms with van der Waals surface area (Å²) in [6, 6.07) is 6.30. The quantitative estimate of drug-likeness (QED) is 0.284. The summed E-state index contributed by atoms with van der Waals surface area (Å²) in [6.45, 7) is 1.44. The molecular weight excluding hydrogens is 526 g/mol. The molecule has 0 bridgehead atoms. The van der Waals surface area contributed by atoms with E-state index in [-0.39, 0.29) is 30.0 Å². The largest absolute Gasteiger partial charge is 0.497 e. The van der Waals surface area contributed by atoms with Gasteiger partial charge in [0.2, 0.25) is 0 Å². The van der Waals surface area contributed by atoms with Gasteiger partial charge < -0.3 is 20.1 Å². The molecule has 1 fully saturated rings. The molecule has 0 aliphatic carbocycles. The number of halogens is 5. The van der Waals surface area contributed by atoms with Gasteiger partial charge in [0.25, 0.3) is 0 Å². The Morgan fingerprint density at radius 3 is 2.53 bits per heavy atom. The van der Waals surface area contributed by atoms with E-state index in [1.807, 2.05) is 4.90 Å². The fraction of sp³-hybridized carbons (Fsp3) is 0.407. The first kappa shape index (κ1) is 27.9. The predicted octanol–water partition coefficient (Wildman–Crippen LogP) is 6.38. The highest BCUT2D eigenvalue weighted by molar-refractivity contribution is 6.32. The Balaban J connectivity index is 1.37. The maximum Gasteiger partial charge on any atom is 0.309 e. The van der Waals surface area contributed by atoms with Crippen LogP contribution in [0.3, 0.4) is 0 Å². The Bertz CT molecular complexity index is 1300. The number of carbonyl (C=O) groups is 1. The summed E-state index contributed by atoms with van der Waals surface area (Å²) in [6.07, 6.45) is 0.569. The average molecular weight is 554 g/mol. The number of pyridine rings is 1. The van der Waals surface area contributed by atoms with Gasteiger partial charge >= 0.3 is 5.97 Å². The van der Waals surface area contributed by atoms with E-state index < -0.39 is 40.7 Å². The van der Waals surface area contributed by atoms with Crippen LogP contribution in [0, 0.1) is 22.9 Å². The second-order valence-corrected chi connectivity index (χ2v) is 9.91. The molecule has 0 saturated carbocycles. The third kappa shape index (κ3) is 5.96. The van der Waals surface area contributed by atoms with Gasteiger partial charge in [0.1, 0.15) is 23.4 Å². The molecule has 38 heavy (non-hydrogen) atoms. The number of aromatic nitrogens is 1. The molecular formula is C27H28ClF4N3O3. The summed E-state index contributed by atoms with van der Waals surface area (Å²) in [5.74, 6) is -3.49. The molecule has 0 spiro atoms. The predicted molar refractivity (Wildman–Crippen MR) is 137 cm³/mol. The van der Waals surface area contributed by atoms with E-state index in [1.54, 1.807) is 18.2 Å². The van der Waals surface area contributed by atoms with Crippen LogP contribution in [0.1, 0.15) is 37.4 Å². The van der Waals surface area contributed by atoms with Crippen LogP contribution in [0.2, 0.25) is 5.02 Å². The molecule has 2 aromatic carbocycles. The van der Waals surface area contributed by atoms with Crippen LogP contribution in [0.4, 0.5) is 23.2 Å². The number of carboxylic acids is 1. The van der Waals surface area contributed by atoms with Crippen molar-refractivity contribution in [3.8, 4) is 5.75 Å². The SMILES string of the molecule is COc1ccc2ncc(Cl)c(C(F)CCC3(C(=O)O)CCN(CCNc4c(F)cc(F)cc4F)CC3)c2c1. The Hall–Kier alpha value is -3.11. The first-order chi connectivity index (χ1) is 18.1. The lowest BCUT2D eigenvalue weighted by molar-refractivity contribution is -0.153. The number of nitrogens with zero attached hydrogens (tertiary/aromatic N) is 2. The van der Waals surface area contributed by atoms with Crippen LogP contribution in [0.15, 0.2) is 36.5 Å². The summed E-state index contributed by atoms with van der Waals surface area (Å²) < 4.78 is 61.6. The number of hydrogen-bond acceptors (Lipinski definition) is 5. The highest BCUT2D eigenvalue weighted by Crippen LogP contribution is 2.42. The molecule has 204 valence electrons. The van der Waals surface area contributed by atoms with Crippen molar-refractivity contribution >= 4 is 34.2 Å². The Kier molecular flexibility index (Phi) is 8.62. The molecule has 1 unspecified atom stereocenters. The van der Waals surface area contributed by atoms with Crippen LogP contribution in [0.5, 0.6) is 5.75 Å². The smallest absolute Gasteiger partial charge is 0.309 e. The van der Waals surface area contributed by atoms with Gasteiger partial charge in [-0.15, -0.1) is 0 Å². The highest BCUT2D eigenvalue weighted by atomic mass is 35.5. The lowest BCUT2D eigenvalue weighted by Gasteiger charge is -2.39. The fourth-order valence-electron chi connectivity index (χ4n) is 4.99. The summed E-state index contributed by atoms with van der Waals surface area (Å²) in [4.78, 5) is 18.5. The van der Waals surface area contributed by atoms with Gasteiger partial charge in [-0.05, 0) is 57.0 Å². The standard InChI is InChI=1S/C27H28ClF4N3O3/c1-38-17-2-3-23-18(14-17)24(19(28)15-34-23)20(30)4-5-27(26(36)37)6-9-35(10-7-27)11-8-33-25-21(31)12-16(29)13-22(25)32/h2-3,12-15,20,33H,4-11H2,1H3,(H,36,37). The Labute approximate surface area is 222 Å². The molecule has 11 heteroatoms. The number of ether oxygens (including phenoxy) is 1. The molecule has 0 amide bonds. The molecule has 1 aliphatic heterocycles.